The monoisotopic (exact) mass is 274 g/mol. The maximum Gasteiger partial charge on any atom is 0.123 e. The van der Waals surface area contributed by atoms with Gasteiger partial charge in [0.15, 0.2) is 0 Å². The summed E-state index contributed by atoms with van der Waals surface area (Å²) >= 11 is 1.83. The van der Waals surface area contributed by atoms with E-state index in [2.05, 4.69) is 17.6 Å². The number of rotatable bonds is 3. The van der Waals surface area contributed by atoms with Crippen molar-refractivity contribution in [3.63, 3.8) is 0 Å². The lowest BCUT2D eigenvalue weighted by molar-refractivity contribution is 0.482. The minimum atomic E-state index is -0.225. The number of hydrogen-bond acceptors (Lipinski definition) is 3. The number of hydrogen-bond donors (Lipinski definition) is 2. The second-order valence-electron chi connectivity index (χ2n) is 4.65. The van der Waals surface area contributed by atoms with Crippen LogP contribution in [0.3, 0.4) is 0 Å². The van der Waals surface area contributed by atoms with Crippen molar-refractivity contribution in [2.24, 2.45) is 5.84 Å². The quantitative estimate of drug-likeness (QED) is 0.666. The molecule has 0 aromatic heterocycles. The Labute approximate surface area is 116 Å². The first kappa shape index (κ1) is 12.7. The molecule has 0 fully saturated rings. The molecule has 0 radical (unpaired) electrons. The van der Waals surface area contributed by atoms with Crippen molar-refractivity contribution in [2.45, 2.75) is 16.9 Å². The van der Waals surface area contributed by atoms with Gasteiger partial charge >= 0.3 is 0 Å². The Morgan fingerprint density at radius 3 is 2.84 bits per heavy atom. The molecule has 1 heterocycles. The molecule has 0 aliphatic carbocycles. The van der Waals surface area contributed by atoms with E-state index in [1.54, 1.807) is 12.1 Å². The van der Waals surface area contributed by atoms with E-state index in [9.17, 15) is 4.39 Å². The minimum Gasteiger partial charge on any atom is -0.271 e. The molecule has 3 rings (SSSR count). The molecule has 2 aromatic carbocycles. The molecule has 19 heavy (non-hydrogen) atoms. The second kappa shape index (κ2) is 5.33. The molecule has 0 bridgehead atoms. The molecule has 0 saturated heterocycles. The van der Waals surface area contributed by atoms with Crippen molar-refractivity contribution in [3.8, 4) is 0 Å². The Kier molecular flexibility index (Phi) is 3.55. The molecule has 0 saturated carbocycles. The van der Waals surface area contributed by atoms with Crippen LogP contribution in [0.2, 0.25) is 0 Å². The van der Waals surface area contributed by atoms with Crippen molar-refractivity contribution in [2.75, 3.05) is 5.75 Å². The Morgan fingerprint density at radius 2 is 2.05 bits per heavy atom. The van der Waals surface area contributed by atoms with Gasteiger partial charge in [0.2, 0.25) is 0 Å². The Morgan fingerprint density at radius 1 is 1.21 bits per heavy atom. The third-order valence-corrected chi connectivity index (χ3v) is 4.74. The third-order valence-electron chi connectivity index (χ3n) is 3.53. The average Bonchev–Trinajstić information content (AvgIpc) is 2.84. The van der Waals surface area contributed by atoms with Crippen LogP contribution in [0.15, 0.2) is 53.4 Å². The smallest absolute Gasteiger partial charge is 0.123 e. The molecule has 0 spiro atoms. The summed E-state index contributed by atoms with van der Waals surface area (Å²) in [6.07, 6.45) is 0. The van der Waals surface area contributed by atoms with Gasteiger partial charge < -0.3 is 0 Å². The number of benzene rings is 2. The first-order valence-corrected chi connectivity index (χ1v) is 7.21. The summed E-state index contributed by atoms with van der Waals surface area (Å²) in [6, 6.07) is 14.9. The zero-order valence-corrected chi connectivity index (χ0v) is 11.2. The fourth-order valence-electron chi connectivity index (χ4n) is 2.61. The molecular formula is C15H15FN2S. The van der Waals surface area contributed by atoms with Gasteiger partial charge in [0.05, 0.1) is 6.04 Å². The zero-order chi connectivity index (χ0) is 13.2. The number of fused-ring (bicyclic) bond motifs is 1. The number of halogens is 1. The third kappa shape index (κ3) is 2.39. The van der Waals surface area contributed by atoms with Crippen molar-refractivity contribution < 1.29 is 4.39 Å². The van der Waals surface area contributed by atoms with Gasteiger partial charge in [-0.1, -0.05) is 30.3 Å². The molecule has 98 valence electrons. The lowest BCUT2D eigenvalue weighted by atomic mass is 9.89. The molecule has 0 amide bonds. The van der Waals surface area contributed by atoms with E-state index in [1.165, 1.54) is 16.5 Å². The predicted molar refractivity (Wildman–Crippen MR) is 76.4 cm³/mol. The summed E-state index contributed by atoms with van der Waals surface area (Å²) in [6.45, 7) is 0. The van der Waals surface area contributed by atoms with Crippen LogP contribution in [-0.2, 0) is 0 Å². The number of hydrazine groups is 1. The zero-order valence-electron chi connectivity index (χ0n) is 10.3. The summed E-state index contributed by atoms with van der Waals surface area (Å²) in [5.74, 6) is 6.72. The summed E-state index contributed by atoms with van der Waals surface area (Å²) in [5, 5.41) is 0. The fraction of sp³-hybridized carbons (Fsp3) is 0.200. The average molecular weight is 274 g/mol. The van der Waals surface area contributed by atoms with Gasteiger partial charge in [0.25, 0.3) is 0 Å². The lowest BCUT2D eigenvalue weighted by Crippen LogP contribution is -2.32. The molecule has 2 unspecified atom stereocenters. The van der Waals surface area contributed by atoms with Crippen molar-refractivity contribution in [1.82, 2.24) is 5.43 Å². The van der Waals surface area contributed by atoms with E-state index in [1.807, 2.05) is 30.0 Å². The van der Waals surface area contributed by atoms with Gasteiger partial charge in [-0.2, -0.15) is 0 Å². The van der Waals surface area contributed by atoms with Gasteiger partial charge in [-0.3, -0.25) is 11.3 Å². The minimum absolute atomic E-state index is 0.0631. The first-order chi connectivity index (χ1) is 9.29. The van der Waals surface area contributed by atoms with Gasteiger partial charge in [-0.05, 0) is 29.3 Å². The Hall–Kier alpha value is -1.36. The fourth-order valence-corrected chi connectivity index (χ4v) is 3.90. The van der Waals surface area contributed by atoms with Gasteiger partial charge in [0.1, 0.15) is 5.82 Å². The van der Waals surface area contributed by atoms with Crippen LogP contribution in [0, 0.1) is 5.82 Å². The number of nitrogens with one attached hydrogen (secondary N) is 1. The van der Waals surface area contributed by atoms with Crippen LogP contribution in [0.25, 0.3) is 0 Å². The van der Waals surface area contributed by atoms with Gasteiger partial charge in [-0.15, -0.1) is 11.8 Å². The van der Waals surface area contributed by atoms with Crippen LogP contribution < -0.4 is 11.3 Å². The largest absolute Gasteiger partial charge is 0.271 e. The molecule has 4 heteroatoms. The van der Waals surface area contributed by atoms with Crippen molar-refractivity contribution in [3.05, 3.63) is 65.5 Å². The van der Waals surface area contributed by atoms with Crippen molar-refractivity contribution >= 4 is 11.8 Å². The Balaban J connectivity index is 1.96. The number of nitrogens with two attached hydrogens (primary N) is 1. The van der Waals surface area contributed by atoms with E-state index < -0.39 is 0 Å². The highest BCUT2D eigenvalue weighted by Gasteiger charge is 2.30. The van der Waals surface area contributed by atoms with Crippen LogP contribution >= 0.6 is 11.8 Å². The normalized spacial score (nSPS) is 19.2. The molecule has 2 atom stereocenters. The highest BCUT2D eigenvalue weighted by Crippen LogP contribution is 2.45. The van der Waals surface area contributed by atoms with E-state index in [0.29, 0.717) is 0 Å². The summed E-state index contributed by atoms with van der Waals surface area (Å²) in [5.41, 5.74) is 5.03. The van der Waals surface area contributed by atoms with Crippen LogP contribution in [-0.4, -0.2) is 5.75 Å². The predicted octanol–water partition coefficient (Wildman–Crippen LogP) is 3.22. The van der Waals surface area contributed by atoms with Crippen LogP contribution in [0.4, 0.5) is 4.39 Å². The molecule has 3 N–H and O–H groups in total. The van der Waals surface area contributed by atoms with E-state index >= 15 is 0 Å². The molecule has 2 aromatic rings. The molecular weight excluding hydrogens is 259 g/mol. The van der Waals surface area contributed by atoms with E-state index in [-0.39, 0.29) is 17.8 Å². The summed E-state index contributed by atoms with van der Waals surface area (Å²) in [7, 11) is 0. The Bertz CT molecular complexity index is 588. The topological polar surface area (TPSA) is 38.0 Å². The van der Waals surface area contributed by atoms with Crippen LogP contribution in [0.1, 0.15) is 23.1 Å². The SMILES string of the molecule is NNC(c1cccc(F)c1)C1CSc2ccccc21. The lowest BCUT2D eigenvalue weighted by Gasteiger charge is -2.23. The van der Waals surface area contributed by atoms with Crippen molar-refractivity contribution in [1.29, 1.82) is 0 Å². The number of thioether (sulfide) groups is 1. The highest BCUT2D eigenvalue weighted by molar-refractivity contribution is 7.99. The molecule has 1 aliphatic rings. The van der Waals surface area contributed by atoms with Gasteiger partial charge in [-0.25, -0.2) is 4.39 Å². The summed E-state index contributed by atoms with van der Waals surface area (Å²) in [4.78, 5) is 1.30. The second-order valence-corrected chi connectivity index (χ2v) is 5.72. The first-order valence-electron chi connectivity index (χ1n) is 6.23. The maximum absolute atomic E-state index is 13.4. The van der Waals surface area contributed by atoms with E-state index in [4.69, 9.17) is 5.84 Å². The molecule has 1 aliphatic heterocycles. The van der Waals surface area contributed by atoms with E-state index in [0.717, 1.165) is 11.3 Å². The summed E-state index contributed by atoms with van der Waals surface area (Å²) < 4.78 is 13.4. The molecule has 2 nitrogen and oxygen atoms in total. The standard InChI is InChI=1S/C15H15FN2S/c16-11-5-3-4-10(8-11)15(18-17)13-9-19-14-7-2-1-6-12(13)14/h1-8,13,15,18H,9,17H2. The van der Waals surface area contributed by atoms with Crippen LogP contribution in [0.5, 0.6) is 0 Å². The maximum atomic E-state index is 13.4. The highest BCUT2D eigenvalue weighted by atomic mass is 32.2. The van der Waals surface area contributed by atoms with Gasteiger partial charge in [0, 0.05) is 16.6 Å².